The first-order chi connectivity index (χ1) is 8.93. The van der Waals surface area contributed by atoms with Gasteiger partial charge in [-0.3, -0.25) is 14.4 Å². The van der Waals surface area contributed by atoms with Crippen LogP contribution in [0.4, 0.5) is 5.69 Å². The average molecular weight is 266 g/mol. The molecule has 0 radical (unpaired) electrons. The van der Waals surface area contributed by atoms with Gasteiger partial charge < -0.3 is 20.5 Å². The third kappa shape index (κ3) is 4.30. The zero-order valence-electron chi connectivity index (χ0n) is 10.5. The summed E-state index contributed by atoms with van der Waals surface area (Å²) in [4.78, 5) is 33.1. The molecule has 7 nitrogen and oxygen atoms in total. The molecule has 0 saturated carbocycles. The van der Waals surface area contributed by atoms with Gasteiger partial charge >= 0.3 is 5.97 Å². The van der Waals surface area contributed by atoms with Gasteiger partial charge in [0.25, 0.3) is 5.91 Å². The van der Waals surface area contributed by atoms with Crippen molar-refractivity contribution in [1.82, 2.24) is 5.32 Å². The van der Waals surface area contributed by atoms with Crippen LogP contribution in [0.2, 0.25) is 0 Å². The van der Waals surface area contributed by atoms with E-state index >= 15 is 0 Å². The standard InChI is InChI=1S/C12H14N2O5/c1-7(15)14-8-3-4-10(19-2)9(5-8)12(18)13-6-11(16)17/h3-5H,6H2,1-2H3,(H,13,18)(H,14,15)(H,16,17). The minimum Gasteiger partial charge on any atom is -0.496 e. The first kappa shape index (κ1) is 14.5. The molecule has 0 spiro atoms. The number of hydrogen-bond acceptors (Lipinski definition) is 4. The number of carbonyl (C=O) groups excluding carboxylic acids is 2. The Hall–Kier alpha value is -2.57. The number of hydrogen-bond donors (Lipinski definition) is 3. The van der Waals surface area contributed by atoms with Gasteiger partial charge in [-0.2, -0.15) is 0 Å². The number of nitrogens with one attached hydrogen (secondary N) is 2. The SMILES string of the molecule is COc1ccc(NC(C)=O)cc1C(=O)NCC(=O)O. The van der Waals surface area contributed by atoms with Crippen molar-refractivity contribution in [3.8, 4) is 5.75 Å². The van der Waals surface area contributed by atoms with Crippen LogP contribution in [0.5, 0.6) is 5.75 Å². The summed E-state index contributed by atoms with van der Waals surface area (Å²) in [7, 11) is 1.39. The van der Waals surface area contributed by atoms with E-state index in [1.54, 1.807) is 6.07 Å². The molecule has 0 bridgehead atoms. The Kier molecular flexibility index (Phi) is 4.87. The number of methoxy groups -OCH3 is 1. The van der Waals surface area contributed by atoms with Gasteiger partial charge in [-0.05, 0) is 18.2 Å². The number of carbonyl (C=O) groups is 3. The Bertz CT molecular complexity index is 513. The molecular weight excluding hydrogens is 252 g/mol. The summed E-state index contributed by atoms with van der Waals surface area (Å²) in [6.07, 6.45) is 0. The minimum atomic E-state index is -1.15. The number of anilines is 1. The molecule has 0 fully saturated rings. The van der Waals surface area contributed by atoms with Crippen molar-refractivity contribution in [3.63, 3.8) is 0 Å². The number of amides is 2. The second kappa shape index (κ2) is 6.39. The number of benzene rings is 1. The van der Waals surface area contributed by atoms with Crippen molar-refractivity contribution >= 4 is 23.5 Å². The van der Waals surface area contributed by atoms with Gasteiger partial charge in [-0.1, -0.05) is 0 Å². The monoisotopic (exact) mass is 266 g/mol. The maximum Gasteiger partial charge on any atom is 0.322 e. The van der Waals surface area contributed by atoms with Gasteiger partial charge in [0.05, 0.1) is 12.7 Å². The molecule has 0 unspecified atom stereocenters. The molecule has 0 atom stereocenters. The minimum absolute atomic E-state index is 0.148. The van der Waals surface area contributed by atoms with E-state index in [0.29, 0.717) is 5.69 Å². The van der Waals surface area contributed by atoms with Crippen LogP contribution in [-0.2, 0) is 9.59 Å². The van der Waals surface area contributed by atoms with Gasteiger partial charge in [0.2, 0.25) is 5.91 Å². The molecule has 0 heterocycles. The zero-order valence-corrected chi connectivity index (χ0v) is 10.5. The van der Waals surface area contributed by atoms with Gasteiger partial charge in [0, 0.05) is 12.6 Å². The van der Waals surface area contributed by atoms with Crippen molar-refractivity contribution in [3.05, 3.63) is 23.8 Å². The molecule has 7 heteroatoms. The Morgan fingerprint density at radius 1 is 1.32 bits per heavy atom. The smallest absolute Gasteiger partial charge is 0.322 e. The fourth-order valence-corrected chi connectivity index (χ4v) is 1.42. The van der Waals surface area contributed by atoms with Crippen LogP contribution >= 0.6 is 0 Å². The highest BCUT2D eigenvalue weighted by molar-refractivity contribution is 6.00. The molecule has 1 aromatic rings. The second-order valence-corrected chi connectivity index (χ2v) is 3.67. The maximum atomic E-state index is 11.8. The maximum absolute atomic E-state index is 11.8. The zero-order chi connectivity index (χ0) is 14.4. The van der Waals surface area contributed by atoms with Crippen LogP contribution in [0.1, 0.15) is 17.3 Å². The second-order valence-electron chi connectivity index (χ2n) is 3.67. The third-order valence-corrected chi connectivity index (χ3v) is 2.16. The molecule has 3 N–H and O–H groups in total. The predicted octanol–water partition coefficient (Wildman–Crippen LogP) is 0.468. The molecule has 0 aliphatic rings. The summed E-state index contributed by atoms with van der Waals surface area (Å²) in [5.74, 6) is -1.73. The Balaban J connectivity index is 2.97. The highest BCUT2D eigenvalue weighted by Gasteiger charge is 2.14. The summed E-state index contributed by atoms with van der Waals surface area (Å²) in [5.41, 5.74) is 0.573. The first-order valence-electron chi connectivity index (χ1n) is 5.39. The lowest BCUT2D eigenvalue weighted by atomic mass is 10.1. The number of ether oxygens (including phenoxy) is 1. The molecule has 0 saturated heterocycles. The molecule has 0 aliphatic heterocycles. The number of rotatable bonds is 5. The molecule has 2 amide bonds. The molecule has 1 rings (SSSR count). The summed E-state index contributed by atoms with van der Waals surface area (Å²) in [5, 5.41) is 13.3. The predicted molar refractivity (Wildman–Crippen MR) is 67.3 cm³/mol. The quantitative estimate of drug-likeness (QED) is 0.718. The summed E-state index contributed by atoms with van der Waals surface area (Å²) < 4.78 is 5.01. The van der Waals surface area contributed by atoms with E-state index in [4.69, 9.17) is 9.84 Å². The van der Waals surface area contributed by atoms with Crippen molar-refractivity contribution in [2.45, 2.75) is 6.92 Å². The molecule has 0 aromatic heterocycles. The van der Waals surface area contributed by atoms with Gasteiger partial charge in [0.15, 0.2) is 0 Å². The molecule has 0 aliphatic carbocycles. The van der Waals surface area contributed by atoms with E-state index in [-0.39, 0.29) is 17.2 Å². The first-order valence-corrected chi connectivity index (χ1v) is 5.39. The van der Waals surface area contributed by atoms with Crippen LogP contribution < -0.4 is 15.4 Å². The number of carboxylic acid groups (broad SMARTS) is 1. The largest absolute Gasteiger partial charge is 0.496 e. The molecule has 19 heavy (non-hydrogen) atoms. The van der Waals surface area contributed by atoms with Gasteiger partial charge in [-0.25, -0.2) is 0 Å². The van der Waals surface area contributed by atoms with Crippen molar-refractivity contribution in [2.75, 3.05) is 19.0 Å². The molecule has 102 valence electrons. The van der Waals surface area contributed by atoms with Crippen LogP contribution in [0.25, 0.3) is 0 Å². The van der Waals surface area contributed by atoms with Gasteiger partial charge in [0.1, 0.15) is 12.3 Å². The van der Waals surface area contributed by atoms with Gasteiger partial charge in [-0.15, -0.1) is 0 Å². The van der Waals surface area contributed by atoms with Crippen LogP contribution in [0, 0.1) is 0 Å². The van der Waals surface area contributed by atoms with Crippen LogP contribution in [0.3, 0.4) is 0 Å². The van der Waals surface area contributed by atoms with Crippen molar-refractivity contribution < 1.29 is 24.2 Å². The number of aliphatic carboxylic acids is 1. The van der Waals surface area contributed by atoms with E-state index in [1.165, 1.54) is 26.2 Å². The Morgan fingerprint density at radius 3 is 2.53 bits per heavy atom. The van der Waals surface area contributed by atoms with E-state index in [2.05, 4.69) is 10.6 Å². The fraction of sp³-hybridized carbons (Fsp3) is 0.250. The Morgan fingerprint density at radius 2 is 2.00 bits per heavy atom. The number of carboxylic acids is 1. The van der Waals surface area contributed by atoms with Crippen LogP contribution in [-0.4, -0.2) is 36.5 Å². The molecule has 1 aromatic carbocycles. The Labute approximate surface area is 109 Å². The lowest BCUT2D eigenvalue weighted by molar-refractivity contribution is -0.135. The topological polar surface area (TPSA) is 105 Å². The highest BCUT2D eigenvalue weighted by Crippen LogP contribution is 2.22. The highest BCUT2D eigenvalue weighted by atomic mass is 16.5. The van der Waals surface area contributed by atoms with E-state index in [1.807, 2.05) is 0 Å². The van der Waals surface area contributed by atoms with E-state index in [9.17, 15) is 14.4 Å². The van der Waals surface area contributed by atoms with Crippen molar-refractivity contribution in [2.24, 2.45) is 0 Å². The van der Waals surface area contributed by atoms with Crippen molar-refractivity contribution in [1.29, 1.82) is 0 Å². The third-order valence-electron chi connectivity index (χ3n) is 2.16. The fourth-order valence-electron chi connectivity index (χ4n) is 1.42. The lowest BCUT2D eigenvalue weighted by Gasteiger charge is -2.10. The van der Waals surface area contributed by atoms with Crippen LogP contribution in [0.15, 0.2) is 18.2 Å². The summed E-state index contributed by atoms with van der Waals surface area (Å²) in [6, 6.07) is 4.51. The lowest BCUT2D eigenvalue weighted by Crippen LogP contribution is -2.29. The summed E-state index contributed by atoms with van der Waals surface area (Å²) in [6.45, 7) is 0.848. The summed E-state index contributed by atoms with van der Waals surface area (Å²) >= 11 is 0. The van der Waals surface area contributed by atoms with E-state index < -0.39 is 18.4 Å². The average Bonchev–Trinajstić information content (AvgIpc) is 2.35. The molecular formula is C12H14N2O5. The normalized spacial score (nSPS) is 9.58. The van der Waals surface area contributed by atoms with E-state index in [0.717, 1.165) is 0 Å².